The van der Waals surface area contributed by atoms with Crippen LogP contribution in [0.4, 0.5) is 10.8 Å². The van der Waals surface area contributed by atoms with Crippen LogP contribution in [0.15, 0.2) is 42.6 Å². The molecule has 0 aliphatic heterocycles. The fraction of sp³-hybridized carbons (Fsp3) is 0.0667. The quantitative estimate of drug-likeness (QED) is 0.779. The number of benzene rings is 1. The van der Waals surface area contributed by atoms with E-state index in [0.29, 0.717) is 16.5 Å². The monoisotopic (exact) mass is 312 g/mol. The van der Waals surface area contributed by atoms with Gasteiger partial charge in [0.15, 0.2) is 5.13 Å². The van der Waals surface area contributed by atoms with Gasteiger partial charge < -0.3 is 10.6 Å². The average Bonchev–Trinajstić information content (AvgIpc) is 2.88. The van der Waals surface area contributed by atoms with Crippen LogP contribution in [0.2, 0.25) is 0 Å². The SMILES string of the molecule is CC(=O)Nc1nc2ccc(NC(=O)c3ccccn3)cc2s1. The van der Waals surface area contributed by atoms with E-state index in [-0.39, 0.29) is 11.8 Å². The number of pyridine rings is 1. The molecule has 0 saturated heterocycles. The van der Waals surface area contributed by atoms with Crippen LogP contribution in [0, 0.1) is 0 Å². The minimum Gasteiger partial charge on any atom is -0.321 e. The standard InChI is InChI=1S/C15H12N4O2S/c1-9(20)17-15-19-11-6-5-10(8-13(11)22-15)18-14(21)12-4-2-3-7-16-12/h2-8H,1H3,(H,18,21)(H,17,19,20). The van der Waals surface area contributed by atoms with E-state index in [1.165, 1.54) is 18.3 Å². The molecule has 7 heteroatoms. The Kier molecular flexibility index (Phi) is 3.80. The Hall–Kier alpha value is -2.80. The van der Waals surface area contributed by atoms with Gasteiger partial charge in [0.25, 0.3) is 5.91 Å². The van der Waals surface area contributed by atoms with Crippen LogP contribution in [-0.4, -0.2) is 21.8 Å². The van der Waals surface area contributed by atoms with Gasteiger partial charge >= 0.3 is 0 Å². The molecule has 22 heavy (non-hydrogen) atoms. The van der Waals surface area contributed by atoms with E-state index in [1.54, 1.807) is 36.5 Å². The first-order chi connectivity index (χ1) is 10.6. The predicted octanol–water partition coefficient (Wildman–Crippen LogP) is 2.90. The van der Waals surface area contributed by atoms with Crippen molar-refractivity contribution in [3.05, 3.63) is 48.3 Å². The van der Waals surface area contributed by atoms with Gasteiger partial charge in [0.2, 0.25) is 5.91 Å². The van der Waals surface area contributed by atoms with E-state index >= 15 is 0 Å². The van der Waals surface area contributed by atoms with E-state index in [0.717, 1.165) is 10.2 Å². The zero-order valence-electron chi connectivity index (χ0n) is 11.7. The summed E-state index contributed by atoms with van der Waals surface area (Å²) in [5.41, 5.74) is 1.77. The smallest absolute Gasteiger partial charge is 0.274 e. The van der Waals surface area contributed by atoms with Crippen molar-refractivity contribution in [2.45, 2.75) is 6.92 Å². The molecule has 0 aliphatic carbocycles. The topological polar surface area (TPSA) is 84.0 Å². The van der Waals surface area contributed by atoms with Gasteiger partial charge in [-0.2, -0.15) is 0 Å². The third-order valence-electron chi connectivity index (χ3n) is 2.83. The number of rotatable bonds is 3. The van der Waals surface area contributed by atoms with Crippen molar-refractivity contribution in [1.82, 2.24) is 9.97 Å². The van der Waals surface area contributed by atoms with Gasteiger partial charge in [0.05, 0.1) is 10.2 Å². The van der Waals surface area contributed by atoms with Crippen LogP contribution < -0.4 is 10.6 Å². The number of nitrogens with one attached hydrogen (secondary N) is 2. The van der Waals surface area contributed by atoms with E-state index < -0.39 is 0 Å². The second-order valence-electron chi connectivity index (χ2n) is 4.55. The zero-order chi connectivity index (χ0) is 15.5. The first-order valence-electron chi connectivity index (χ1n) is 6.52. The number of anilines is 2. The molecule has 2 aromatic heterocycles. The summed E-state index contributed by atoms with van der Waals surface area (Å²) in [6, 6.07) is 10.5. The van der Waals surface area contributed by atoms with E-state index in [9.17, 15) is 9.59 Å². The van der Waals surface area contributed by atoms with Crippen molar-refractivity contribution in [2.24, 2.45) is 0 Å². The molecule has 110 valence electrons. The molecule has 0 atom stereocenters. The van der Waals surface area contributed by atoms with Crippen LogP contribution >= 0.6 is 11.3 Å². The van der Waals surface area contributed by atoms with Crippen LogP contribution in [-0.2, 0) is 4.79 Å². The van der Waals surface area contributed by atoms with Gasteiger partial charge in [-0.15, -0.1) is 0 Å². The Bertz CT molecular complexity index is 845. The molecule has 0 unspecified atom stereocenters. The van der Waals surface area contributed by atoms with E-state index in [4.69, 9.17) is 0 Å². The number of aromatic nitrogens is 2. The molecular weight excluding hydrogens is 300 g/mol. The van der Waals surface area contributed by atoms with Crippen LogP contribution in [0.1, 0.15) is 17.4 Å². The number of thiazole rings is 1. The van der Waals surface area contributed by atoms with Crippen LogP contribution in [0.5, 0.6) is 0 Å². The first-order valence-corrected chi connectivity index (χ1v) is 7.34. The number of nitrogens with zero attached hydrogens (tertiary/aromatic N) is 2. The molecule has 0 radical (unpaired) electrons. The number of carbonyl (C=O) groups is 2. The molecule has 1 aromatic carbocycles. The largest absolute Gasteiger partial charge is 0.321 e. The second-order valence-corrected chi connectivity index (χ2v) is 5.58. The van der Waals surface area contributed by atoms with Gasteiger partial charge in [0, 0.05) is 18.8 Å². The Labute approximate surface area is 130 Å². The number of carbonyl (C=O) groups excluding carboxylic acids is 2. The predicted molar refractivity (Wildman–Crippen MR) is 86.1 cm³/mol. The summed E-state index contributed by atoms with van der Waals surface area (Å²) in [6.07, 6.45) is 1.57. The maximum atomic E-state index is 12.1. The fourth-order valence-corrected chi connectivity index (χ4v) is 2.85. The summed E-state index contributed by atoms with van der Waals surface area (Å²) in [7, 11) is 0. The summed E-state index contributed by atoms with van der Waals surface area (Å²) in [5, 5.41) is 5.98. The highest BCUT2D eigenvalue weighted by Gasteiger charge is 2.09. The molecular formula is C15H12N4O2S. The van der Waals surface area contributed by atoms with Crippen molar-refractivity contribution < 1.29 is 9.59 Å². The molecule has 0 fully saturated rings. The maximum Gasteiger partial charge on any atom is 0.274 e. The highest BCUT2D eigenvalue weighted by atomic mass is 32.1. The third kappa shape index (κ3) is 3.09. The van der Waals surface area contributed by atoms with Crippen molar-refractivity contribution in [3.63, 3.8) is 0 Å². The number of hydrogen-bond acceptors (Lipinski definition) is 5. The average molecular weight is 312 g/mol. The molecule has 0 saturated carbocycles. The lowest BCUT2D eigenvalue weighted by atomic mass is 10.2. The van der Waals surface area contributed by atoms with Crippen molar-refractivity contribution in [2.75, 3.05) is 10.6 Å². The lowest BCUT2D eigenvalue weighted by Crippen LogP contribution is -2.13. The van der Waals surface area contributed by atoms with Gasteiger partial charge in [-0.25, -0.2) is 4.98 Å². The van der Waals surface area contributed by atoms with E-state index in [1.807, 2.05) is 6.07 Å². The molecule has 2 heterocycles. The van der Waals surface area contributed by atoms with Gasteiger partial charge in [-0.05, 0) is 30.3 Å². The van der Waals surface area contributed by atoms with E-state index in [2.05, 4.69) is 20.6 Å². The van der Waals surface area contributed by atoms with Crippen molar-refractivity contribution in [1.29, 1.82) is 0 Å². The first kappa shape index (κ1) is 14.2. The van der Waals surface area contributed by atoms with Crippen LogP contribution in [0.3, 0.4) is 0 Å². The Morgan fingerprint density at radius 3 is 2.73 bits per heavy atom. The molecule has 0 aliphatic rings. The highest BCUT2D eigenvalue weighted by molar-refractivity contribution is 7.22. The number of amides is 2. The Morgan fingerprint density at radius 2 is 2.00 bits per heavy atom. The summed E-state index contributed by atoms with van der Waals surface area (Å²) in [6.45, 7) is 1.44. The van der Waals surface area contributed by atoms with Crippen LogP contribution in [0.25, 0.3) is 10.2 Å². The Morgan fingerprint density at radius 1 is 1.14 bits per heavy atom. The normalized spacial score (nSPS) is 10.4. The number of fused-ring (bicyclic) bond motifs is 1. The Balaban J connectivity index is 1.82. The summed E-state index contributed by atoms with van der Waals surface area (Å²) in [4.78, 5) is 31.4. The highest BCUT2D eigenvalue weighted by Crippen LogP contribution is 2.28. The molecule has 2 amide bonds. The lowest BCUT2D eigenvalue weighted by molar-refractivity contribution is -0.114. The minimum absolute atomic E-state index is 0.164. The minimum atomic E-state index is -0.272. The molecule has 6 nitrogen and oxygen atoms in total. The zero-order valence-corrected chi connectivity index (χ0v) is 12.5. The summed E-state index contributed by atoms with van der Waals surface area (Å²) in [5.74, 6) is -0.436. The van der Waals surface area contributed by atoms with Crippen molar-refractivity contribution in [3.8, 4) is 0 Å². The fourth-order valence-electron chi connectivity index (χ4n) is 1.90. The van der Waals surface area contributed by atoms with Crippen molar-refractivity contribution >= 4 is 44.2 Å². The second kappa shape index (κ2) is 5.90. The molecule has 0 bridgehead atoms. The van der Waals surface area contributed by atoms with Gasteiger partial charge in [-0.3, -0.25) is 14.6 Å². The van der Waals surface area contributed by atoms with Gasteiger partial charge in [0.1, 0.15) is 5.69 Å². The summed E-state index contributed by atoms with van der Waals surface area (Å²) < 4.78 is 0.877. The summed E-state index contributed by atoms with van der Waals surface area (Å²) >= 11 is 1.35. The van der Waals surface area contributed by atoms with Gasteiger partial charge in [-0.1, -0.05) is 17.4 Å². The molecule has 3 aromatic rings. The molecule has 2 N–H and O–H groups in total. The maximum absolute atomic E-state index is 12.1. The lowest BCUT2D eigenvalue weighted by Gasteiger charge is -2.04. The molecule has 0 spiro atoms. The third-order valence-corrected chi connectivity index (χ3v) is 3.76. The molecule has 3 rings (SSSR count). The number of hydrogen-bond donors (Lipinski definition) is 2.